The number of ketones is 1. The van der Waals surface area contributed by atoms with Crippen molar-refractivity contribution in [2.24, 2.45) is 11.5 Å². The topological polar surface area (TPSA) is 91.1 Å². The van der Waals surface area contributed by atoms with E-state index in [2.05, 4.69) is 22.8 Å². The second kappa shape index (κ2) is 6.06. The van der Waals surface area contributed by atoms with Gasteiger partial charge in [-0.2, -0.15) is 0 Å². The minimum absolute atomic E-state index is 0.380. The number of carbonyl (C=O) groups excluding carboxylic acids is 2. The van der Waals surface area contributed by atoms with Gasteiger partial charge in [-0.15, -0.1) is 0 Å². The molecule has 0 fully saturated rings. The predicted octanol–water partition coefficient (Wildman–Crippen LogP) is 1.32. The smallest absolute Gasteiger partial charge is 0.289 e. The van der Waals surface area contributed by atoms with Gasteiger partial charge < -0.3 is 16.0 Å². The van der Waals surface area contributed by atoms with Gasteiger partial charge in [0.1, 0.15) is 0 Å². The second-order valence-electron chi connectivity index (χ2n) is 4.62. The predicted molar refractivity (Wildman–Crippen MR) is 77.6 cm³/mol. The van der Waals surface area contributed by atoms with Crippen LogP contribution in [0, 0.1) is 0 Å². The van der Waals surface area contributed by atoms with Gasteiger partial charge in [0.25, 0.3) is 5.91 Å². The van der Waals surface area contributed by atoms with Crippen LogP contribution in [-0.4, -0.2) is 16.3 Å². The van der Waals surface area contributed by atoms with Crippen molar-refractivity contribution >= 4 is 22.6 Å². The Labute approximate surface area is 116 Å². The van der Waals surface area contributed by atoms with Crippen LogP contribution in [-0.2, 0) is 16.1 Å². The van der Waals surface area contributed by atoms with Crippen LogP contribution in [0.2, 0.25) is 0 Å². The summed E-state index contributed by atoms with van der Waals surface area (Å²) in [6.07, 6.45) is 4.47. The maximum absolute atomic E-state index is 11.1. The molecule has 1 heterocycles. The van der Waals surface area contributed by atoms with E-state index >= 15 is 0 Å². The molecular formula is C15H17N3O2. The lowest BCUT2D eigenvalue weighted by atomic mass is 10.2. The molecule has 1 amide bonds. The van der Waals surface area contributed by atoms with E-state index in [0.29, 0.717) is 12.1 Å². The number of carbonyl (C=O) groups is 2. The van der Waals surface area contributed by atoms with E-state index in [1.165, 1.54) is 10.9 Å². The van der Waals surface area contributed by atoms with Crippen molar-refractivity contribution in [3.05, 3.63) is 48.3 Å². The maximum Gasteiger partial charge on any atom is 0.289 e. The third kappa shape index (κ3) is 3.26. The molecule has 104 valence electrons. The average molecular weight is 271 g/mol. The number of nitrogens with two attached hydrogens (primary N) is 2. The number of rotatable bonds is 6. The van der Waals surface area contributed by atoms with E-state index in [4.69, 9.17) is 11.5 Å². The zero-order valence-electron chi connectivity index (χ0n) is 11.1. The fraction of sp³-hybridized carbons (Fsp3) is 0.200. The quantitative estimate of drug-likeness (QED) is 0.613. The van der Waals surface area contributed by atoms with E-state index < -0.39 is 11.7 Å². The summed E-state index contributed by atoms with van der Waals surface area (Å²) in [5.74, 6) is -1.74. The van der Waals surface area contributed by atoms with Gasteiger partial charge in [0.05, 0.1) is 0 Å². The molecule has 0 spiro atoms. The number of hydrogen-bond donors (Lipinski definition) is 2. The Morgan fingerprint density at radius 1 is 1.15 bits per heavy atom. The molecule has 2 aromatic rings. The van der Waals surface area contributed by atoms with Crippen molar-refractivity contribution in [1.29, 1.82) is 0 Å². The van der Waals surface area contributed by atoms with Crippen LogP contribution in [0.3, 0.4) is 0 Å². The summed E-state index contributed by atoms with van der Waals surface area (Å²) in [6, 6.07) is 10.2. The average Bonchev–Trinajstić information content (AvgIpc) is 2.82. The summed E-state index contributed by atoms with van der Waals surface area (Å²) >= 11 is 0. The Morgan fingerprint density at radius 2 is 1.90 bits per heavy atom. The van der Waals surface area contributed by atoms with Gasteiger partial charge in [-0.1, -0.05) is 18.2 Å². The Kier molecular flexibility index (Phi) is 4.20. The van der Waals surface area contributed by atoms with Gasteiger partial charge in [0.2, 0.25) is 5.78 Å². The number of amides is 1. The molecule has 1 aromatic heterocycles. The first-order valence-corrected chi connectivity index (χ1v) is 6.41. The number of aromatic nitrogens is 1. The van der Waals surface area contributed by atoms with E-state index in [0.717, 1.165) is 19.0 Å². The second-order valence-corrected chi connectivity index (χ2v) is 4.62. The monoisotopic (exact) mass is 271 g/mol. The van der Waals surface area contributed by atoms with Crippen molar-refractivity contribution in [2.75, 3.05) is 0 Å². The molecule has 4 N–H and O–H groups in total. The van der Waals surface area contributed by atoms with Gasteiger partial charge in [-0.3, -0.25) is 9.59 Å². The van der Waals surface area contributed by atoms with Crippen LogP contribution >= 0.6 is 0 Å². The highest BCUT2D eigenvalue weighted by Gasteiger charge is 2.06. The van der Waals surface area contributed by atoms with Crippen LogP contribution in [0.25, 0.3) is 10.9 Å². The van der Waals surface area contributed by atoms with Crippen LogP contribution in [0.15, 0.2) is 48.3 Å². The third-order valence-electron chi connectivity index (χ3n) is 3.10. The first-order valence-electron chi connectivity index (χ1n) is 6.41. The van der Waals surface area contributed by atoms with Gasteiger partial charge in [0, 0.05) is 30.0 Å². The maximum atomic E-state index is 11.1. The van der Waals surface area contributed by atoms with E-state index in [-0.39, 0.29) is 0 Å². The molecule has 2 rings (SSSR count). The normalized spacial score (nSPS) is 11.7. The molecule has 0 bridgehead atoms. The lowest BCUT2D eigenvalue weighted by Crippen LogP contribution is -2.22. The number of allylic oxidation sites excluding steroid dienone is 1. The highest BCUT2D eigenvalue weighted by molar-refractivity contribution is 6.40. The zero-order chi connectivity index (χ0) is 14.5. The SMILES string of the molecule is NC(=O)C(=O)/C=C(\N)CCCn1ccc2ccccc21. The van der Waals surface area contributed by atoms with Gasteiger partial charge >= 0.3 is 0 Å². The van der Waals surface area contributed by atoms with Crippen molar-refractivity contribution in [3.63, 3.8) is 0 Å². The Balaban J connectivity index is 1.93. The van der Waals surface area contributed by atoms with E-state index in [9.17, 15) is 9.59 Å². The number of primary amides is 1. The molecule has 0 radical (unpaired) electrons. The number of hydrogen-bond acceptors (Lipinski definition) is 3. The fourth-order valence-corrected chi connectivity index (χ4v) is 2.10. The first kappa shape index (κ1) is 13.9. The van der Waals surface area contributed by atoms with Crippen LogP contribution in [0.4, 0.5) is 0 Å². The molecule has 1 aromatic carbocycles. The minimum atomic E-state index is -0.982. The molecule has 0 saturated carbocycles. The molecular weight excluding hydrogens is 254 g/mol. The summed E-state index contributed by atoms with van der Waals surface area (Å²) in [6.45, 7) is 0.798. The van der Waals surface area contributed by atoms with Crippen molar-refractivity contribution in [1.82, 2.24) is 4.57 Å². The number of benzene rings is 1. The highest BCUT2D eigenvalue weighted by Crippen LogP contribution is 2.16. The third-order valence-corrected chi connectivity index (χ3v) is 3.10. The summed E-state index contributed by atoms with van der Waals surface area (Å²) in [7, 11) is 0. The van der Waals surface area contributed by atoms with Crippen molar-refractivity contribution in [3.8, 4) is 0 Å². The largest absolute Gasteiger partial charge is 0.402 e. The van der Waals surface area contributed by atoms with Crippen molar-refractivity contribution < 1.29 is 9.59 Å². The molecule has 0 unspecified atom stereocenters. The minimum Gasteiger partial charge on any atom is -0.402 e. The molecule has 0 atom stereocenters. The molecule has 0 saturated heterocycles. The standard InChI is InChI=1S/C15H17N3O2/c16-12(10-14(19)15(17)20)5-3-8-18-9-7-11-4-1-2-6-13(11)18/h1-2,4,6-7,9-10H,3,5,8,16H2,(H2,17,20)/b12-10-. The van der Waals surface area contributed by atoms with Gasteiger partial charge in [-0.25, -0.2) is 0 Å². The van der Waals surface area contributed by atoms with Crippen LogP contribution in [0.5, 0.6) is 0 Å². The summed E-state index contributed by atoms with van der Waals surface area (Å²) < 4.78 is 2.14. The summed E-state index contributed by atoms with van der Waals surface area (Å²) in [5.41, 5.74) is 12.1. The molecule has 0 aliphatic heterocycles. The Morgan fingerprint density at radius 3 is 2.65 bits per heavy atom. The first-order chi connectivity index (χ1) is 9.58. The lowest BCUT2D eigenvalue weighted by Gasteiger charge is -2.05. The van der Waals surface area contributed by atoms with Gasteiger partial charge in [0.15, 0.2) is 0 Å². The lowest BCUT2D eigenvalue weighted by molar-refractivity contribution is -0.133. The fourth-order valence-electron chi connectivity index (χ4n) is 2.10. The van der Waals surface area contributed by atoms with E-state index in [1.807, 2.05) is 18.3 Å². The van der Waals surface area contributed by atoms with Crippen LogP contribution < -0.4 is 11.5 Å². The number of nitrogens with zero attached hydrogens (tertiary/aromatic N) is 1. The molecule has 0 aliphatic rings. The van der Waals surface area contributed by atoms with E-state index in [1.54, 1.807) is 0 Å². The number of aryl methyl sites for hydroxylation is 1. The summed E-state index contributed by atoms with van der Waals surface area (Å²) in [4.78, 5) is 21.7. The Bertz CT molecular complexity index is 671. The molecule has 0 aliphatic carbocycles. The van der Waals surface area contributed by atoms with Gasteiger partial charge in [-0.05, 0) is 30.4 Å². The molecule has 5 nitrogen and oxygen atoms in total. The van der Waals surface area contributed by atoms with Crippen molar-refractivity contribution in [2.45, 2.75) is 19.4 Å². The molecule has 5 heteroatoms. The summed E-state index contributed by atoms with van der Waals surface area (Å²) in [5, 5.41) is 1.19. The zero-order valence-corrected chi connectivity index (χ0v) is 11.1. The number of para-hydroxylation sites is 1. The van der Waals surface area contributed by atoms with Crippen LogP contribution in [0.1, 0.15) is 12.8 Å². The molecule has 20 heavy (non-hydrogen) atoms. The number of fused-ring (bicyclic) bond motifs is 1. The Hall–Kier alpha value is -2.56. The highest BCUT2D eigenvalue weighted by atomic mass is 16.2.